The summed E-state index contributed by atoms with van der Waals surface area (Å²) in [7, 11) is 3.43. The number of nitrogens with zero attached hydrogens (tertiary/aromatic N) is 3. The molecule has 0 aromatic heterocycles. The first-order chi connectivity index (χ1) is 11.2. The van der Waals surface area contributed by atoms with Crippen molar-refractivity contribution in [1.29, 1.82) is 0 Å². The molecule has 0 atom stereocenters. The molecule has 1 fully saturated rings. The van der Waals surface area contributed by atoms with Gasteiger partial charge in [0.15, 0.2) is 5.96 Å². The number of nitrogens with one attached hydrogen (secondary N) is 1. The van der Waals surface area contributed by atoms with Gasteiger partial charge in [0.05, 0.1) is 5.69 Å². The first-order valence-electron chi connectivity index (χ1n) is 7.80. The number of methoxy groups -OCH3 is 1. The third kappa shape index (κ3) is 4.79. The van der Waals surface area contributed by atoms with E-state index in [2.05, 4.69) is 15.2 Å². The third-order valence-electron chi connectivity index (χ3n) is 3.85. The van der Waals surface area contributed by atoms with Crippen LogP contribution in [0.1, 0.15) is 6.42 Å². The van der Waals surface area contributed by atoms with Gasteiger partial charge >= 0.3 is 0 Å². The normalized spacial score (nSPS) is 15.9. The van der Waals surface area contributed by atoms with Gasteiger partial charge in [-0.15, -0.1) is 0 Å². The number of aliphatic imine (C=N–C) groups is 1. The summed E-state index contributed by atoms with van der Waals surface area (Å²) >= 11 is 0. The van der Waals surface area contributed by atoms with Gasteiger partial charge < -0.3 is 19.9 Å². The second kappa shape index (κ2) is 8.67. The molecule has 23 heavy (non-hydrogen) atoms. The van der Waals surface area contributed by atoms with E-state index in [0.29, 0.717) is 38.5 Å². The molecule has 0 bridgehead atoms. The molecule has 1 aromatic carbocycles. The van der Waals surface area contributed by atoms with Crippen LogP contribution in [0.15, 0.2) is 23.2 Å². The Kier molecular flexibility index (Phi) is 6.58. The lowest BCUT2D eigenvalue weighted by atomic mass is 10.2. The number of rotatable bonds is 5. The highest BCUT2D eigenvalue weighted by molar-refractivity contribution is 5.80. The van der Waals surface area contributed by atoms with Gasteiger partial charge in [-0.1, -0.05) is 0 Å². The Hall–Kier alpha value is -1.89. The van der Waals surface area contributed by atoms with Crippen molar-refractivity contribution < 1.29 is 13.5 Å². The van der Waals surface area contributed by atoms with Crippen LogP contribution in [0, 0.1) is 11.6 Å². The van der Waals surface area contributed by atoms with Crippen LogP contribution >= 0.6 is 0 Å². The quantitative estimate of drug-likeness (QED) is 0.508. The highest BCUT2D eigenvalue weighted by Crippen LogP contribution is 2.21. The fourth-order valence-corrected chi connectivity index (χ4v) is 2.64. The van der Waals surface area contributed by atoms with E-state index in [4.69, 9.17) is 4.74 Å². The Morgan fingerprint density at radius 2 is 2.00 bits per heavy atom. The van der Waals surface area contributed by atoms with Crippen LogP contribution < -0.4 is 10.2 Å². The van der Waals surface area contributed by atoms with Gasteiger partial charge in [-0.05, 0) is 18.6 Å². The molecule has 1 aliphatic heterocycles. The van der Waals surface area contributed by atoms with E-state index in [1.165, 1.54) is 12.1 Å². The van der Waals surface area contributed by atoms with Crippen molar-refractivity contribution in [2.24, 2.45) is 4.99 Å². The summed E-state index contributed by atoms with van der Waals surface area (Å²) in [6.45, 7) is 4.16. The zero-order chi connectivity index (χ0) is 16.7. The maximum Gasteiger partial charge on any atom is 0.193 e. The zero-order valence-electron chi connectivity index (χ0n) is 13.7. The van der Waals surface area contributed by atoms with Crippen molar-refractivity contribution >= 4 is 11.6 Å². The first-order valence-corrected chi connectivity index (χ1v) is 7.80. The number of anilines is 1. The number of hydrogen-bond acceptors (Lipinski definition) is 3. The second-order valence-corrected chi connectivity index (χ2v) is 5.39. The Labute approximate surface area is 135 Å². The lowest BCUT2D eigenvalue weighted by molar-refractivity contribution is 0.195. The smallest absolute Gasteiger partial charge is 0.193 e. The van der Waals surface area contributed by atoms with E-state index in [1.807, 2.05) is 4.90 Å². The summed E-state index contributed by atoms with van der Waals surface area (Å²) in [5.41, 5.74) is 0.327. The van der Waals surface area contributed by atoms with Gasteiger partial charge in [0.2, 0.25) is 0 Å². The number of piperazine rings is 1. The van der Waals surface area contributed by atoms with Crippen LogP contribution in [0.2, 0.25) is 0 Å². The van der Waals surface area contributed by atoms with Gasteiger partial charge in [-0.3, -0.25) is 4.99 Å². The lowest BCUT2D eigenvalue weighted by Crippen LogP contribution is -2.52. The summed E-state index contributed by atoms with van der Waals surface area (Å²) in [4.78, 5) is 8.27. The van der Waals surface area contributed by atoms with Gasteiger partial charge in [-0.25, -0.2) is 8.78 Å². The van der Waals surface area contributed by atoms with Crippen LogP contribution in [0.5, 0.6) is 0 Å². The van der Waals surface area contributed by atoms with Crippen molar-refractivity contribution in [2.45, 2.75) is 6.42 Å². The van der Waals surface area contributed by atoms with Crippen molar-refractivity contribution in [3.05, 3.63) is 29.8 Å². The van der Waals surface area contributed by atoms with E-state index < -0.39 is 5.82 Å². The van der Waals surface area contributed by atoms with Crippen molar-refractivity contribution in [2.75, 3.05) is 58.4 Å². The monoisotopic (exact) mass is 326 g/mol. The summed E-state index contributed by atoms with van der Waals surface area (Å²) in [6.07, 6.45) is 0.907. The summed E-state index contributed by atoms with van der Waals surface area (Å²) < 4.78 is 32.2. The molecule has 1 heterocycles. The summed E-state index contributed by atoms with van der Waals surface area (Å²) in [5, 5.41) is 3.29. The van der Waals surface area contributed by atoms with Gasteiger partial charge in [0.25, 0.3) is 0 Å². The molecule has 0 saturated carbocycles. The molecule has 2 rings (SSSR count). The van der Waals surface area contributed by atoms with E-state index >= 15 is 0 Å². The number of guanidine groups is 1. The average molecular weight is 326 g/mol. The maximum atomic E-state index is 13.8. The number of benzene rings is 1. The van der Waals surface area contributed by atoms with Crippen molar-refractivity contribution in [3.8, 4) is 0 Å². The Balaban J connectivity index is 1.88. The van der Waals surface area contributed by atoms with Crippen LogP contribution in [0.25, 0.3) is 0 Å². The van der Waals surface area contributed by atoms with Gasteiger partial charge in [0, 0.05) is 59.6 Å². The van der Waals surface area contributed by atoms with Crippen LogP contribution in [0.4, 0.5) is 14.5 Å². The van der Waals surface area contributed by atoms with Crippen LogP contribution in [-0.2, 0) is 4.74 Å². The molecule has 7 heteroatoms. The van der Waals surface area contributed by atoms with Crippen molar-refractivity contribution in [1.82, 2.24) is 10.2 Å². The molecule has 0 aliphatic carbocycles. The molecule has 5 nitrogen and oxygen atoms in total. The van der Waals surface area contributed by atoms with Gasteiger partial charge in [-0.2, -0.15) is 0 Å². The number of ether oxygens (including phenoxy) is 1. The molecule has 0 radical (unpaired) electrons. The Morgan fingerprint density at radius 1 is 1.26 bits per heavy atom. The molecule has 128 valence electrons. The lowest BCUT2D eigenvalue weighted by Gasteiger charge is -2.37. The minimum absolute atomic E-state index is 0.327. The fourth-order valence-electron chi connectivity index (χ4n) is 2.64. The largest absolute Gasteiger partial charge is 0.385 e. The minimum Gasteiger partial charge on any atom is -0.385 e. The fraction of sp³-hybridized carbons (Fsp3) is 0.562. The molecular formula is C16H24F2N4O. The van der Waals surface area contributed by atoms with Crippen molar-refractivity contribution in [3.63, 3.8) is 0 Å². The second-order valence-electron chi connectivity index (χ2n) is 5.39. The molecule has 1 saturated heterocycles. The van der Waals surface area contributed by atoms with Gasteiger partial charge in [0.1, 0.15) is 11.6 Å². The van der Waals surface area contributed by atoms with E-state index in [0.717, 1.165) is 25.0 Å². The maximum absolute atomic E-state index is 13.8. The molecule has 0 amide bonds. The van der Waals surface area contributed by atoms with Crippen LogP contribution in [0.3, 0.4) is 0 Å². The third-order valence-corrected chi connectivity index (χ3v) is 3.85. The number of hydrogen-bond donors (Lipinski definition) is 1. The predicted octanol–water partition coefficient (Wildman–Crippen LogP) is 1.70. The summed E-state index contributed by atoms with van der Waals surface area (Å²) in [6, 6.07) is 3.57. The average Bonchev–Trinajstić information content (AvgIpc) is 2.57. The zero-order valence-corrected chi connectivity index (χ0v) is 13.7. The molecule has 1 aliphatic rings. The molecule has 1 N–H and O–H groups in total. The first kappa shape index (κ1) is 17.5. The molecular weight excluding hydrogens is 302 g/mol. The minimum atomic E-state index is -0.417. The Bertz CT molecular complexity index is 531. The predicted molar refractivity (Wildman–Crippen MR) is 88.0 cm³/mol. The van der Waals surface area contributed by atoms with E-state index in [9.17, 15) is 8.78 Å². The van der Waals surface area contributed by atoms with E-state index in [1.54, 1.807) is 14.2 Å². The molecule has 0 unspecified atom stereocenters. The highest BCUT2D eigenvalue weighted by atomic mass is 19.1. The Morgan fingerprint density at radius 3 is 2.65 bits per heavy atom. The molecule has 0 spiro atoms. The summed E-state index contributed by atoms with van der Waals surface area (Å²) in [5.74, 6) is 0.0295. The highest BCUT2D eigenvalue weighted by Gasteiger charge is 2.21. The number of halogens is 2. The SMILES string of the molecule is CN=C(NCCCOC)N1CCN(c2cc(F)ccc2F)CC1. The molecule has 1 aromatic rings. The topological polar surface area (TPSA) is 40.1 Å². The van der Waals surface area contributed by atoms with Crippen LogP contribution in [-0.4, -0.2) is 64.3 Å². The van der Waals surface area contributed by atoms with E-state index in [-0.39, 0.29) is 5.82 Å². The standard InChI is InChI=1S/C16H24F2N4O/c1-19-16(20-6-3-11-23-2)22-9-7-21(8-10-22)15-12-13(17)4-5-14(15)18/h4-5,12H,3,6-11H2,1-2H3,(H,19,20).